The Bertz CT molecular complexity index is 754. The number of hydrogen-bond acceptors (Lipinski definition) is 4. The summed E-state index contributed by atoms with van der Waals surface area (Å²) in [6.07, 6.45) is 0.137. The van der Waals surface area contributed by atoms with Gasteiger partial charge >= 0.3 is 5.97 Å². The van der Waals surface area contributed by atoms with E-state index >= 15 is 0 Å². The molecule has 0 atom stereocenters. The van der Waals surface area contributed by atoms with Gasteiger partial charge in [-0.05, 0) is 29.8 Å². The quantitative estimate of drug-likeness (QED) is 0.813. The normalized spacial score (nSPS) is 14.7. The van der Waals surface area contributed by atoms with E-state index in [9.17, 15) is 9.59 Å². The van der Waals surface area contributed by atoms with Gasteiger partial charge in [0, 0.05) is 38.3 Å². The number of nitrogens with zero attached hydrogens (tertiary/aromatic N) is 2. The summed E-state index contributed by atoms with van der Waals surface area (Å²) < 4.78 is 5.75. The van der Waals surface area contributed by atoms with E-state index in [1.165, 1.54) is 0 Å². The predicted octanol–water partition coefficient (Wildman–Crippen LogP) is 2.50. The first kappa shape index (κ1) is 18.9. The van der Waals surface area contributed by atoms with E-state index in [2.05, 4.69) is 4.90 Å². The summed E-state index contributed by atoms with van der Waals surface area (Å²) in [7, 11) is 0. The number of carboxylic acids is 1. The molecule has 1 fully saturated rings. The number of benzene rings is 2. The molecular formula is C21H24N2O4. The zero-order valence-electron chi connectivity index (χ0n) is 15.2. The molecule has 3 rings (SSSR count). The Hall–Kier alpha value is -2.86. The first-order valence-electron chi connectivity index (χ1n) is 9.12. The fraction of sp³-hybridized carbons (Fsp3) is 0.333. The molecule has 2 aromatic rings. The number of rotatable bonds is 7. The van der Waals surface area contributed by atoms with Crippen LogP contribution in [0.15, 0.2) is 54.6 Å². The first-order valence-corrected chi connectivity index (χ1v) is 9.12. The number of hydrogen-bond donors (Lipinski definition) is 1. The number of piperazine rings is 1. The average Bonchev–Trinajstić information content (AvgIpc) is 2.72. The number of carboxylic acid groups (broad SMARTS) is 1. The maximum atomic E-state index is 12.6. The van der Waals surface area contributed by atoms with Crippen molar-refractivity contribution in [3.8, 4) is 5.75 Å². The molecule has 1 aliphatic heterocycles. The van der Waals surface area contributed by atoms with Crippen molar-refractivity contribution in [1.82, 2.24) is 9.80 Å². The van der Waals surface area contributed by atoms with E-state index < -0.39 is 5.97 Å². The highest BCUT2D eigenvalue weighted by molar-refractivity contribution is 5.94. The minimum absolute atomic E-state index is 0.00231. The topological polar surface area (TPSA) is 70.1 Å². The van der Waals surface area contributed by atoms with Crippen LogP contribution in [0.4, 0.5) is 0 Å². The lowest BCUT2D eigenvalue weighted by atomic mass is 10.1. The Morgan fingerprint density at radius 3 is 2.22 bits per heavy atom. The molecule has 27 heavy (non-hydrogen) atoms. The van der Waals surface area contributed by atoms with Gasteiger partial charge in [0.25, 0.3) is 5.91 Å². The molecule has 0 spiro atoms. The molecule has 0 saturated carbocycles. The maximum absolute atomic E-state index is 12.6. The van der Waals surface area contributed by atoms with Crippen molar-refractivity contribution in [3.63, 3.8) is 0 Å². The van der Waals surface area contributed by atoms with E-state index in [0.717, 1.165) is 11.3 Å². The van der Waals surface area contributed by atoms with Crippen LogP contribution in [-0.2, 0) is 11.4 Å². The summed E-state index contributed by atoms with van der Waals surface area (Å²) in [6, 6.07) is 17.2. The van der Waals surface area contributed by atoms with Gasteiger partial charge in [0.2, 0.25) is 0 Å². The molecule has 142 valence electrons. The van der Waals surface area contributed by atoms with Gasteiger partial charge in [-0.25, -0.2) is 0 Å². The maximum Gasteiger partial charge on any atom is 0.304 e. The van der Waals surface area contributed by atoms with Gasteiger partial charge in [-0.2, -0.15) is 0 Å². The highest BCUT2D eigenvalue weighted by Gasteiger charge is 2.22. The summed E-state index contributed by atoms with van der Waals surface area (Å²) in [5, 5.41) is 8.76. The Balaban J connectivity index is 1.48. The lowest BCUT2D eigenvalue weighted by Crippen LogP contribution is -2.49. The molecule has 1 saturated heterocycles. The van der Waals surface area contributed by atoms with Crippen LogP contribution < -0.4 is 4.74 Å². The molecule has 6 heteroatoms. The second-order valence-corrected chi connectivity index (χ2v) is 6.58. The summed E-state index contributed by atoms with van der Waals surface area (Å²) >= 11 is 0. The third-order valence-electron chi connectivity index (χ3n) is 4.65. The van der Waals surface area contributed by atoms with Crippen LogP contribution in [0.3, 0.4) is 0 Å². The van der Waals surface area contributed by atoms with Crippen LogP contribution in [0.2, 0.25) is 0 Å². The lowest BCUT2D eigenvalue weighted by Gasteiger charge is -2.34. The molecule has 1 amide bonds. The van der Waals surface area contributed by atoms with Crippen molar-refractivity contribution >= 4 is 11.9 Å². The van der Waals surface area contributed by atoms with Gasteiger partial charge in [0.15, 0.2) is 0 Å². The molecule has 0 aliphatic carbocycles. The number of aliphatic carboxylic acids is 1. The van der Waals surface area contributed by atoms with Crippen molar-refractivity contribution in [2.75, 3.05) is 32.7 Å². The number of amides is 1. The van der Waals surface area contributed by atoms with Crippen LogP contribution in [0.5, 0.6) is 5.75 Å². The van der Waals surface area contributed by atoms with Crippen molar-refractivity contribution < 1.29 is 19.4 Å². The van der Waals surface area contributed by atoms with Gasteiger partial charge < -0.3 is 14.7 Å². The Morgan fingerprint density at radius 1 is 0.926 bits per heavy atom. The average molecular weight is 368 g/mol. The number of carbonyl (C=O) groups excluding carboxylic acids is 1. The minimum atomic E-state index is -0.789. The van der Waals surface area contributed by atoms with Gasteiger partial charge in [-0.15, -0.1) is 0 Å². The lowest BCUT2D eigenvalue weighted by molar-refractivity contribution is -0.137. The smallest absolute Gasteiger partial charge is 0.304 e. The van der Waals surface area contributed by atoms with E-state index in [-0.39, 0.29) is 12.3 Å². The summed E-state index contributed by atoms with van der Waals surface area (Å²) in [5.74, 6) is -0.0561. The minimum Gasteiger partial charge on any atom is -0.489 e. The van der Waals surface area contributed by atoms with Gasteiger partial charge in [-0.1, -0.05) is 30.3 Å². The van der Waals surface area contributed by atoms with E-state index in [1.54, 1.807) is 12.1 Å². The highest BCUT2D eigenvalue weighted by Crippen LogP contribution is 2.16. The summed E-state index contributed by atoms with van der Waals surface area (Å²) in [6.45, 7) is 3.67. The van der Waals surface area contributed by atoms with E-state index in [1.807, 2.05) is 47.4 Å². The van der Waals surface area contributed by atoms with E-state index in [4.69, 9.17) is 9.84 Å². The molecule has 1 heterocycles. The third-order valence-corrected chi connectivity index (χ3v) is 4.65. The van der Waals surface area contributed by atoms with Gasteiger partial charge in [0.05, 0.1) is 6.42 Å². The summed E-state index contributed by atoms with van der Waals surface area (Å²) in [5.41, 5.74) is 1.74. The van der Waals surface area contributed by atoms with Crippen molar-refractivity contribution in [3.05, 3.63) is 65.7 Å². The molecule has 1 N–H and O–H groups in total. The van der Waals surface area contributed by atoms with Crippen LogP contribution in [0.1, 0.15) is 22.3 Å². The molecule has 2 aromatic carbocycles. The second-order valence-electron chi connectivity index (χ2n) is 6.58. The highest BCUT2D eigenvalue weighted by atomic mass is 16.5. The van der Waals surface area contributed by atoms with Crippen LogP contribution in [0.25, 0.3) is 0 Å². The largest absolute Gasteiger partial charge is 0.489 e. The zero-order chi connectivity index (χ0) is 19.1. The van der Waals surface area contributed by atoms with E-state index in [0.29, 0.717) is 44.9 Å². The van der Waals surface area contributed by atoms with Crippen LogP contribution >= 0.6 is 0 Å². The first-order chi connectivity index (χ1) is 13.1. The zero-order valence-corrected chi connectivity index (χ0v) is 15.2. The molecule has 1 aliphatic rings. The standard InChI is InChI=1S/C21H24N2O4/c24-20(25)10-11-22-12-14-23(15-13-22)21(26)18-6-8-19(9-7-18)27-16-17-4-2-1-3-5-17/h1-9H,10-16H2,(H,24,25). The van der Waals surface area contributed by atoms with Gasteiger partial charge in [-0.3, -0.25) is 14.5 Å². The van der Waals surface area contributed by atoms with Gasteiger partial charge in [0.1, 0.15) is 12.4 Å². The molecule has 0 bridgehead atoms. The number of ether oxygens (including phenoxy) is 1. The van der Waals surface area contributed by atoms with Crippen LogP contribution in [-0.4, -0.2) is 59.5 Å². The molecular weight excluding hydrogens is 344 g/mol. The SMILES string of the molecule is O=C(O)CCN1CCN(C(=O)c2ccc(OCc3ccccc3)cc2)CC1. The fourth-order valence-electron chi connectivity index (χ4n) is 3.05. The monoisotopic (exact) mass is 368 g/mol. The van der Waals surface area contributed by atoms with Crippen LogP contribution in [0, 0.1) is 0 Å². The van der Waals surface area contributed by atoms with Crippen molar-refractivity contribution in [2.24, 2.45) is 0 Å². The molecule has 0 aromatic heterocycles. The predicted molar refractivity (Wildman–Crippen MR) is 102 cm³/mol. The van der Waals surface area contributed by atoms with Crippen molar-refractivity contribution in [2.45, 2.75) is 13.0 Å². The Morgan fingerprint density at radius 2 is 1.59 bits per heavy atom. The Kier molecular flexibility index (Phi) is 6.44. The second kappa shape index (κ2) is 9.19. The Labute approximate surface area is 159 Å². The summed E-state index contributed by atoms with van der Waals surface area (Å²) in [4.78, 5) is 27.2. The van der Waals surface area contributed by atoms with Crippen molar-refractivity contribution in [1.29, 1.82) is 0 Å². The molecule has 6 nitrogen and oxygen atoms in total. The molecule has 0 unspecified atom stereocenters. The fourth-order valence-corrected chi connectivity index (χ4v) is 3.05. The molecule has 0 radical (unpaired) electrons. The number of carbonyl (C=O) groups is 2. The third kappa shape index (κ3) is 5.56.